The molecular weight excluding hydrogens is 268 g/mol. The van der Waals surface area contributed by atoms with Crippen LogP contribution >= 0.6 is 0 Å². The van der Waals surface area contributed by atoms with Crippen LogP contribution in [0, 0.1) is 6.92 Å². The Morgan fingerprint density at radius 1 is 0.636 bits per heavy atom. The third kappa shape index (κ3) is 19.7. The monoisotopic (exact) mass is 309 g/mol. The lowest BCUT2D eigenvalue weighted by molar-refractivity contribution is 0.134. The van der Waals surface area contributed by atoms with Gasteiger partial charge in [0.05, 0.1) is 0 Å². The van der Waals surface area contributed by atoms with E-state index < -0.39 is 0 Å². The highest BCUT2D eigenvalue weighted by atomic mass is 16.5. The topological polar surface area (TPSA) is 9.23 Å². The molecule has 0 aromatic heterocycles. The maximum Gasteiger partial charge on any atom is 0.0466 e. The van der Waals surface area contributed by atoms with Crippen LogP contribution in [0.4, 0.5) is 0 Å². The molecule has 0 aliphatic carbocycles. The van der Waals surface area contributed by atoms with Crippen molar-refractivity contribution in [2.75, 3.05) is 13.2 Å². The van der Waals surface area contributed by atoms with Gasteiger partial charge < -0.3 is 4.74 Å². The van der Waals surface area contributed by atoms with Crippen LogP contribution in [-0.2, 0) is 4.74 Å². The molecule has 0 amide bonds. The molecule has 0 aromatic rings. The summed E-state index contributed by atoms with van der Waals surface area (Å²) in [6.45, 7) is 7.80. The number of rotatable bonds is 18. The van der Waals surface area contributed by atoms with Gasteiger partial charge in [-0.3, -0.25) is 0 Å². The minimum atomic E-state index is 0.824. The Hall–Kier alpha value is -0.300. The molecule has 0 saturated heterocycles. The molecule has 0 saturated carbocycles. The molecule has 0 atom stereocenters. The van der Waals surface area contributed by atoms with E-state index in [0.29, 0.717) is 0 Å². The molecule has 0 rings (SSSR count). The minimum absolute atomic E-state index is 0.824. The first kappa shape index (κ1) is 21.7. The van der Waals surface area contributed by atoms with Crippen molar-refractivity contribution >= 4 is 0 Å². The van der Waals surface area contributed by atoms with Crippen LogP contribution in [0.5, 0.6) is 0 Å². The lowest BCUT2D eigenvalue weighted by Gasteiger charge is -2.02. The van der Waals surface area contributed by atoms with Crippen molar-refractivity contribution in [2.24, 2.45) is 0 Å². The van der Waals surface area contributed by atoms with Crippen molar-refractivity contribution in [2.45, 2.75) is 103 Å². The van der Waals surface area contributed by atoms with Gasteiger partial charge in [0, 0.05) is 13.2 Å². The van der Waals surface area contributed by atoms with E-state index in [-0.39, 0.29) is 0 Å². The second-order valence-corrected chi connectivity index (χ2v) is 6.40. The summed E-state index contributed by atoms with van der Waals surface area (Å²) >= 11 is 0. The molecule has 0 spiro atoms. The largest absolute Gasteiger partial charge is 0.381 e. The molecule has 22 heavy (non-hydrogen) atoms. The first-order valence-corrected chi connectivity index (χ1v) is 9.93. The highest BCUT2D eigenvalue weighted by molar-refractivity contribution is 4.81. The minimum Gasteiger partial charge on any atom is -0.381 e. The van der Waals surface area contributed by atoms with Crippen molar-refractivity contribution in [1.82, 2.24) is 0 Å². The van der Waals surface area contributed by atoms with E-state index in [4.69, 9.17) is 4.74 Å². The second kappa shape index (κ2) is 20.7. The highest BCUT2D eigenvalue weighted by Gasteiger charge is 1.92. The highest BCUT2D eigenvalue weighted by Crippen LogP contribution is 2.09. The molecule has 0 N–H and O–H groups in total. The van der Waals surface area contributed by atoms with Gasteiger partial charge in [-0.25, -0.2) is 0 Å². The van der Waals surface area contributed by atoms with Gasteiger partial charge in [0.25, 0.3) is 0 Å². The van der Waals surface area contributed by atoms with Crippen molar-refractivity contribution < 1.29 is 4.74 Å². The standard InChI is InChI=1S/C21H41O/c1-3-5-6-7-8-9-10-11-12-13-14-15-16-17-18-19-21-22-20-4-2/h11-12H,2-10,13-21H2,1H3/b12-11-. The lowest BCUT2D eigenvalue weighted by Crippen LogP contribution is -1.95. The number of allylic oxidation sites excluding steroid dienone is 2. The molecule has 0 heterocycles. The fourth-order valence-corrected chi connectivity index (χ4v) is 2.66. The molecule has 131 valence electrons. The van der Waals surface area contributed by atoms with Gasteiger partial charge >= 0.3 is 0 Å². The van der Waals surface area contributed by atoms with E-state index in [1.165, 1.54) is 89.9 Å². The lowest BCUT2D eigenvalue weighted by atomic mass is 10.1. The van der Waals surface area contributed by atoms with Crippen LogP contribution in [0.25, 0.3) is 0 Å². The predicted molar refractivity (Wildman–Crippen MR) is 100 cm³/mol. The summed E-state index contributed by atoms with van der Waals surface area (Å²) in [7, 11) is 0. The summed E-state index contributed by atoms with van der Waals surface area (Å²) in [4.78, 5) is 0. The molecule has 1 radical (unpaired) electrons. The number of ether oxygens (including phenoxy) is 1. The van der Waals surface area contributed by atoms with Crippen LogP contribution < -0.4 is 0 Å². The first-order chi connectivity index (χ1) is 10.9. The Labute approximate surface area is 140 Å². The summed E-state index contributed by atoms with van der Waals surface area (Å²) < 4.78 is 5.43. The Balaban J connectivity index is 3.02. The molecule has 0 unspecified atom stereocenters. The average molecular weight is 310 g/mol. The van der Waals surface area contributed by atoms with E-state index in [2.05, 4.69) is 26.0 Å². The summed E-state index contributed by atoms with van der Waals surface area (Å²) in [5.41, 5.74) is 0. The fourth-order valence-electron chi connectivity index (χ4n) is 2.66. The van der Waals surface area contributed by atoms with E-state index >= 15 is 0 Å². The second-order valence-electron chi connectivity index (χ2n) is 6.40. The molecule has 1 heteroatoms. The first-order valence-electron chi connectivity index (χ1n) is 9.93. The van der Waals surface area contributed by atoms with E-state index in [0.717, 1.165) is 19.6 Å². The zero-order chi connectivity index (χ0) is 16.1. The van der Waals surface area contributed by atoms with Gasteiger partial charge in [-0.1, -0.05) is 83.8 Å². The van der Waals surface area contributed by atoms with Gasteiger partial charge in [0.2, 0.25) is 0 Å². The fraction of sp³-hybridized carbons (Fsp3) is 0.857. The van der Waals surface area contributed by atoms with Gasteiger partial charge in [-0.2, -0.15) is 0 Å². The molecule has 0 aliphatic heterocycles. The Kier molecular flexibility index (Phi) is 20.4. The van der Waals surface area contributed by atoms with E-state index in [1.807, 2.05) is 0 Å². The Bertz CT molecular complexity index is 210. The summed E-state index contributed by atoms with van der Waals surface area (Å²) in [5.74, 6) is 0. The molecule has 0 bridgehead atoms. The summed E-state index contributed by atoms with van der Waals surface area (Å²) in [6.07, 6.45) is 24.8. The maximum atomic E-state index is 5.43. The van der Waals surface area contributed by atoms with Crippen molar-refractivity contribution in [3.8, 4) is 0 Å². The van der Waals surface area contributed by atoms with Crippen molar-refractivity contribution in [1.29, 1.82) is 0 Å². The quantitative estimate of drug-likeness (QED) is 0.191. The molecule has 0 aliphatic rings. The van der Waals surface area contributed by atoms with Gasteiger partial charge in [-0.05, 0) is 38.5 Å². The van der Waals surface area contributed by atoms with Crippen LogP contribution in [0.3, 0.4) is 0 Å². The molecular formula is C21H41O. The van der Waals surface area contributed by atoms with E-state index in [1.54, 1.807) is 0 Å². The third-order valence-electron chi connectivity index (χ3n) is 4.09. The zero-order valence-electron chi connectivity index (χ0n) is 15.3. The normalized spacial score (nSPS) is 11.5. The number of hydrogen-bond donors (Lipinski definition) is 0. The summed E-state index contributed by atoms with van der Waals surface area (Å²) in [6, 6.07) is 0. The average Bonchev–Trinajstić information content (AvgIpc) is 2.54. The smallest absolute Gasteiger partial charge is 0.0466 e. The SMILES string of the molecule is [CH2]CCOCCCCCCCC/C=C\CCCCCCCC. The van der Waals surface area contributed by atoms with Gasteiger partial charge in [-0.15, -0.1) is 0 Å². The van der Waals surface area contributed by atoms with Crippen LogP contribution in [0.15, 0.2) is 12.2 Å². The molecule has 1 nitrogen and oxygen atoms in total. The maximum absolute atomic E-state index is 5.43. The third-order valence-corrected chi connectivity index (χ3v) is 4.09. The van der Waals surface area contributed by atoms with E-state index in [9.17, 15) is 0 Å². The van der Waals surface area contributed by atoms with Crippen LogP contribution in [-0.4, -0.2) is 13.2 Å². The summed E-state index contributed by atoms with van der Waals surface area (Å²) in [5, 5.41) is 0. The zero-order valence-corrected chi connectivity index (χ0v) is 15.3. The Morgan fingerprint density at radius 2 is 1.14 bits per heavy atom. The van der Waals surface area contributed by atoms with Gasteiger partial charge in [0.1, 0.15) is 0 Å². The molecule has 0 aromatic carbocycles. The van der Waals surface area contributed by atoms with Crippen molar-refractivity contribution in [3.05, 3.63) is 19.1 Å². The van der Waals surface area contributed by atoms with Crippen LogP contribution in [0.2, 0.25) is 0 Å². The Morgan fingerprint density at radius 3 is 1.68 bits per heavy atom. The number of hydrogen-bond acceptors (Lipinski definition) is 1. The van der Waals surface area contributed by atoms with Crippen molar-refractivity contribution in [3.63, 3.8) is 0 Å². The van der Waals surface area contributed by atoms with Gasteiger partial charge in [0.15, 0.2) is 0 Å². The van der Waals surface area contributed by atoms with Crippen LogP contribution in [0.1, 0.15) is 103 Å². The predicted octanol–water partition coefficient (Wildman–Crippen LogP) is 7.26. The molecule has 0 fully saturated rings. The number of unbranched alkanes of at least 4 members (excludes halogenated alkanes) is 12.